The Kier molecular flexibility index (Phi) is 4.58. The Bertz CT molecular complexity index is 1120. The maximum atomic E-state index is 12.9. The molecule has 29 heavy (non-hydrogen) atoms. The van der Waals surface area contributed by atoms with Crippen LogP contribution in [0.4, 0.5) is 0 Å². The van der Waals surface area contributed by atoms with Gasteiger partial charge in [0.25, 0.3) is 5.91 Å². The molecule has 0 unspecified atom stereocenters. The number of hydrogen-bond acceptors (Lipinski definition) is 6. The number of primary amides is 1. The fraction of sp³-hybridized carbons (Fsp3) is 0.333. The quantitative estimate of drug-likeness (QED) is 0.586. The minimum atomic E-state index is -1.57. The van der Waals surface area contributed by atoms with Gasteiger partial charge in [-0.15, -0.1) is 0 Å². The number of nitrogens with one attached hydrogen (secondary N) is 1. The van der Waals surface area contributed by atoms with Gasteiger partial charge in [0.05, 0.1) is 29.8 Å². The maximum Gasteiger partial charge on any atom is 0.256 e. The van der Waals surface area contributed by atoms with Crippen LogP contribution in [-0.4, -0.2) is 39.0 Å². The third kappa shape index (κ3) is 3.47. The predicted molar refractivity (Wildman–Crippen MR) is 106 cm³/mol. The summed E-state index contributed by atoms with van der Waals surface area (Å²) in [4.78, 5) is 33.5. The first-order valence-corrected chi connectivity index (χ1v) is 9.41. The van der Waals surface area contributed by atoms with E-state index in [0.717, 1.165) is 29.8 Å². The molecule has 0 saturated heterocycles. The van der Waals surface area contributed by atoms with Crippen LogP contribution in [-0.2, 0) is 4.79 Å². The van der Waals surface area contributed by atoms with Gasteiger partial charge in [0.15, 0.2) is 0 Å². The number of aryl methyl sites for hydroxylation is 1. The molecule has 0 radical (unpaired) electrons. The van der Waals surface area contributed by atoms with Crippen LogP contribution in [0.1, 0.15) is 47.5 Å². The van der Waals surface area contributed by atoms with E-state index < -0.39 is 24.0 Å². The summed E-state index contributed by atoms with van der Waals surface area (Å²) in [6, 6.07) is 5.47. The molecule has 2 aromatic heterocycles. The van der Waals surface area contributed by atoms with E-state index in [1.165, 1.54) is 6.92 Å². The number of hydrogen-bond donors (Lipinski definition) is 3. The highest BCUT2D eigenvalue weighted by Crippen LogP contribution is 2.39. The lowest BCUT2D eigenvalue weighted by Crippen LogP contribution is -2.57. The van der Waals surface area contributed by atoms with Gasteiger partial charge in [-0.05, 0) is 44.9 Å². The number of carbonyl (C=O) groups excluding carboxylic acids is 2. The molecule has 1 aromatic carbocycles. The third-order valence-corrected chi connectivity index (χ3v) is 5.29. The van der Waals surface area contributed by atoms with E-state index in [0.29, 0.717) is 22.6 Å². The van der Waals surface area contributed by atoms with Crippen molar-refractivity contribution >= 4 is 22.8 Å². The molecule has 3 aromatic rings. The van der Waals surface area contributed by atoms with E-state index in [1.807, 2.05) is 12.1 Å². The predicted octanol–water partition coefficient (Wildman–Crippen LogP) is 2.04. The topological polar surface area (TPSA) is 131 Å². The largest absolute Gasteiger partial charge is 0.461 e. The van der Waals surface area contributed by atoms with Crippen molar-refractivity contribution in [1.82, 2.24) is 15.3 Å². The minimum absolute atomic E-state index is 0.286. The van der Waals surface area contributed by atoms with Crippen molar-refractivity contribution in [1.29, 1.82) is 0 Å². The van der Waals surface area contributed by atoms with Crippen molar-refractivity contribution in [2.75, 3.05) is 6.61 Å². The molecule has 8 nitrogen and oxygen atoms in total. The molecule has 4 rings (SSSR count). The first-order chi connectivity index (χ1) is 13.8. The zero-order chi connectivity index (χ0) is 20.8. The molecule has 1 fully saturated rings. The molecule has 150 valence electrons. The van der Waals surface area contributed by atoms with Crippen LogP contribution in [0.25, 0.3) is 22.2 Å². The van der Waals surface area contributed by atoms with E-state index in [2.05, 4.69) is 10.3 Å². The number of aliphatic hydroxyl groups is 1. The second-order valence-electron chi connectivity index (χ2n) is 7.66. The second kappa shape index (κ2) is 6.97. The van der Waals surface area contributed by atoms with Crippen molar-refractivity contribution in [2.45, 2.75) is 38.1 Å². The molecular weight excluding hydrogens is 372 g/mol. The summed E-state index contributed by atoms with van der Waals surface area (Å²) in [6.45, 7) is 2.43. The van der Waals surface area contributed by atoms with Crippen LogP contribution >= 0.6 is 0 Å². The van der Waals surface area contributed by atoms with Crippen molar-refractivity contribution in [3.63, 3.8) is 0 Å². The molecule has 1 atom stereocenters. The Labute approximate surface area is 167 Å². The summed E-state index contributed by atoms with van der Waals surface area (Å²) in [5.74, 6) is -0.496. The number of aromatic nitrogens is 2. The van der Waals surface area contributed by atoms with Crippen LogP contribution in [0, 0.1) is 6.92 Å². The van der Waals surface area contributed by atoms with E-state index in [1.54, 1.807) is 25.4 Å². The number of benzene rings is 1. The molecule has 1 saturated carbocycles. The zero-order valence-corrected chi connectivity index (χ0v) is 16.2. The van der Waals surface area contributed by atoms with Gasteiger partial charge in [0.2, 0.25) is 5.91 Å². The Hall–Kier alpha value is -3.26. The highest BCUT2D eigenvalue weighted by atomic mass is 16.3. The van der Waals surface area contributed by atoms with Gasteiger partial charge in [-0.3, -0.25) is 14.6 Å². The van der Waals surface area contributed by atoms with Gasteiger partial charge < -0.3 is 20.6 Å². The van der Waals surface area contributed by atoms with Gasteiger partial charge in [-0.2, -0.15) is 0 Å². The molecule has 0 spiro atoms. The van der Waals surface area contributed by atoms with Crippen LogP contribution in [0.2, 0.25) is 0 Å². The first-order valence-electron chi connectivity index (χ1n) is 9.41. The lowest BCUT2D eigenvalue weighted by atomic mass is 10.0. The molecule has 0 aliphatic heterocycles. The Morgan fingerprint density at radius 3 is 2.76 bits per heavy atom. The molecule has 0 bridgehead atoms. The summed E-state index contributed by atoms with van der Waals surface area (Å²) < 4.78 is 5.72. The van der Waals surface area contributed by atoms with Gasteiger partial charge in [0.1, 0.15) is 16.9 Å². The van der Waals surface area contributed by atoms with E-state index >= 15 is 0 Å². The molecular formula is C21H22N4O4. The van der Waals surface area contributed by atoms with Gasteiger partial charge in [0, 0.05) is 23.1 Å². The number of furan rings is 1. The average Bonchev–Trinajstić information content (AvgIpc) is 3.49. The van der Waals surface area contributed by atoms with Crippen LogP contribution in [0.3, 0.4) is 0 Å². The van der Waals surface area contributed by atoms with Gasteiger partial charge in [-0.25, -0.2) is 4.98 Å². The number of fused-ring (bicyclic) bond motifs is 1. The van der Waals surface area contributed by atoms with Crippen LogP contribution in [0.5, 0.6) is 0 Å². The third-order valence-electron chi connectivity index (χ3n) is 5.29. The van der Waals surface area contributed by atoms with Crippen molar-refractivity contribution in [3.05, 3.63) is 47.6 Å². The number of aliphatic hydroxyl groups excluding tert-OH is 1. The molecule has 1 aliphatic rings. The monoisotopic (exact) mass is 394 g/mol. The maximum absolute atomic E-state index is 12.9. The first kappa shape index (κ1) is 19.1. The molecule has 1 aliphatic carbocycles. The number of carbonyl (C=O) groups is 2. The number of rotatable bonds is 6. The number of nitrogens with zero attached hydrogens (tertiary/aromatic N) is 2. The summed E-state index contributed by atoms with van der Waals surface area (Å²) in [5.41, 5.74) is 7.08. The van der Waals surface area contributed by atoms with Crippen LogP contribution in [0.15, 0.2) is 35.0 Å². The van der Waals surface area contributed by atoms with E-state index in [4.69, 9.17) is 15.1 Å². The molecule has 2 heterocycles. The summed E-state index contributed by atoms with van der Waals surface area (Å²) in [6.07, 6.45) is 5.74. The Morgan fingerprint density at radius 2 is 2.10 bits per heavy atom. The zero-order valence-electron chi connectivity index (χ0n) is 16.2. The van der Waals surface area contributed by atoms with Crippen molar-refractivity contribution < 1.29 is 19.1 Å². The van der Waals surface area contributed by atoms with E-state index in [-0.39, 0.29) is 5.56 Å². The summed E-state index contributed by atoms with van der Waals surface area (Å²) >= 11 is 0. The normalized spacial score (nSPS) is 15.8. The van der Waals surface area contributed by atoms with Gasteiger partial charge >= 0.3 is 0 Å². The second-order valence-corrected chi connectivity index (χ2v) is 7.66. The SMILES string of the molecule is Cc1oc2ccc(-c3cncc(C4CC4)n3)cc2c1C(=O)N[C@@](C)(CO)C(N)=O. The number of amides is 2. The molecule has 8 heteroatoms. The fourth-order valence-corrected chi connectivity index (χ4v) is 3.25. The van der Waals surface area contributed by atoms with Crippen molar-refractivity contribution in [3.8, 4) is 11.3 Å². The van der Waals surface area contributed by atoms with Gasteiger partial charge in [-0.1, -0.05) is 0 Å². The average molecular weight is 394 g/mol. The minimum Gasteiger partial charge on any atom is -0.461 e. The summed E-state index contributed by atoms with van der Waals surface area (Å²) in [5, 5.41) is 12.6. The highest BCUT2D eigenvalue weighted by molar-refractivity contribution is 6.09. The van der Waals surface area contributed by atoms with Crippen LogP contribution < -0.4 is 11.1 Å². The highest BCUT2D eigenvalue weighted by Gasteiger charge is 2.34. The Morgan fingerprint density at radius 1 is 1.34 bits per heavy atom. The molecule has 2 amide bonds. The smallest absolute Gasteiger partial charge is 0.256 e. The lowest BCUT2D eigenvalue weighted by Gasteiger charge is -2.24. The standard InChI is InChI=1S/C21H22N4O4/c1-11-18(19(27)25-21(2,10-26)20(22)28)14-7-13(5-6-17(14)29-11)16-9-23-8-15(24-16)12-3-4-12/h5-9,12,26H,3-4,10H2,1-2H3,(H2,22,28)(H,25,27)/t21-/m0/s1. The Balaban J connectivity index is 1.74. The lowest BCUT2D eigenvalue weighted by molar-refractivity contribution is -0.124. The van der Waals surface area contributed by atoms with E-state index in [9.17, 15) is 14.7 Å². The fourth-order valence-electron chi connectivity index (χ4n) is 3.25. The number of nitrogens with two attached hydrogens (primary N) is 1. The van der Waals surface area contributed by atoms with Crippen molar-refractivity contribution in [2.24, 2.45) is 5.73 Å². The molecule has 4 N–H and O–H groups in total. The summed E-state index contributed by atoms with van der Waals surface area (Å²) in [7, 11) is 0.